The Labute approximate surface area is 138 Å². The van der Waals surface area contributed by atoms with Crippen LogP contribution in [0.5, 0.6) is 0 Å². The summed E-state index contributed by atoms with van der Waals surface area (Å²) in [4.78, 5) is 2.01. The number of rotatable bonds is 3. The van der Waals surface area contributed by atoms with E-state index in [1.54, 1.807) is 18.2 Å². The average molecular weight is 338 g/mol. The Balaban J connectivity index is 2.09. The summed E-state index contributed by atoms with van der Waals surface area (Å²) in [6.45, 7) is 2.69. The van der Waals surface area contributed by atoms with E-state index < -0.39 is 23.6 Å². The zero-order valence-electron chi connectivity index (χ0n) is 13.0. The summed E-state index contributed by atoms with van der Waals surface area (Å²) in [5.41, 5.74) is 0.228. The van der Waals surface area contributed by atoms with Gasteiger partial charge in [0.05, 0.1) is 11.6 Å². The second kappa shape index (κ2) is 6.91. The molecule has 0 aliphatic carbocycles. The first-order chi connectivity index (χ1) is 11.5. The van der Waals surface area contributed by atoms with Crippen molar-refractivity contribution in [3.63, 3.8) is 0 Å². The van der Waals surface area contributed by atoms with Gasteiger partial charge in [0.15, 0.2) is 0 Å². The monoisotopic (exact) mass is 338 g/mol. The Kier molecular flexibility index (Phi) is 4.87. The highest BCUT2D eigenvalue weighted by atomic mass is 19.4. The van der Waals surface area contributed by atoms with Crippen molar-refractivity contribution < 1.29 is 17.6 Å². The van der Waals surface area contributed by atoms with Crippen LogP contribution in [0.25, 0.3) is 0 Å². The van der Waals surface area contributed by atoms with Crippen molar-refractivity contribution in [1.29, 1.82) is 0 Å². The van der Waals surface area contributed by atoms with E-state index in [1.165, 1.54) is 24.3 Å². The van der Waals surface area contributed by atoms with Crippen molar-refractivity contribution >= 4 is 0 Å². The summed E-state index contributed by atoms with van der Waals surface area (Å²) in [5, 5.41) is 3.20. The molecule has 2 nitrogen and oxygen atoms in total. The number of nitrogens with zero attached hydrogens (tertiary/aromatic N) is 1. The maximum Gasteiger partial charge on any atom is 0.416 e. The Morgan fingerprint density at radius 1 is 0.917 bits per heavy atom. The second-order valence-corrected chi connectivity index (χ2v) is 5.83. The third-order valence-corrected chi connectivity index (χ3v) is 4.26. The molecule has 6 heteroatoms. The molecule has 0 bridgehead atoms. The molecule has 0 aromatic heterocycles. The molecule has 1 atom stereocenters. The van der Waals surface area contributed by atoms with Crippen molar-refractivity contribution in [1.82, 2.24) is 10.2 Å². The summed E-state index contributed by atoms with van der Waals surface area (Å²) in [6, 6.07) is 10.8. The van der Waals surface area contributed by atoms with Gasteiger partial charge in [-0.05, 0) is 29.3 Å². The van der Waals surface area contributed by atoms with Crippen LogP contribution in [0.15, 0.2) is 48.5 Å². The average Bonchev–Trinajstić information content (AvgIpc) is 2.57. The van der Waals surface area contributed by atoms with Crippen LogP contribution in [-0.4, -0.2) is 31.1 Å². The minimum absolute atomic E-state index is 0.207. The molecule has 0 amide bonds. The Morgan fingerprint density at radius 2 is 1.54 bits per heavy atom. The maximum atomic E-state index is 13.5. The van der Waals surface area contributed by atoms with Crippen LogP contribution < -0.4 is 5.32 Å². The van der Waals surface area contributed by atoms with Gasteiger partial charge in [-0.2, -0.15) is 13.2 Å². The normalized spacial score (nSPS) is 17.7. The third kappa shape index (κ3) is 3.60. The fourth-order valence-electron chi connectivity index (χ4n) is 3.17. The van der Waals surface area contributed by atoms with Gasteiger partial charge in [-0.25, -0.2) is 4.39 Å². The van der Waals surface area contributed by atoms with Crippen LogP contribution in [0.1, 0.15) is 22.7 Å². The topological polar surface area (TPSA) is 15.3 Å². The lowest BCUT2D eigenvalue weighted by Gasteiger charge is -2.36. The number of hydrogen-bond donors (Lipinski definition) is 1. The van der Waals surface area contributed by atoms with Gasteiger partial charge in [0.2, 0.25) is 0 Å². The highest BCUT2D eigenvalue weighted by molar-refractivity contribution is 5.39. The first-order valence-electron chi connectivity index (χ1n) is 7.83. The van der Waals surface area contributed by atoms with Gasteiger partial charge in [0.25, 0.3) is 0 Å². The molecular weight excluding hydrogens is 320 g/mol. The lowest BCUT2D eigenvalue weighted by Crippen LogP contribution is -2.45. The van der Waals surface area contributed by atoms with Crippen molar-refractivity contribution in [3.05, 3.63) is 71.0 Å². The van der Waals surface area contributed by atoms with E-state index in [4.69, 9.17) is 0 Å². The summed E-state index contributed by atoms with van der Waals surface area (Å²) >= 11 is 0. The molecule has 0 radical (unpaired) electrons. The highest BCUT2D eigenvalue weighted by Crippen LogP contribution is 2.39. The van der Waals surface area contributed by atoms with Gasteiger partial charge < -0.3 is 5.32 Å². The fraction of sp³-hybridized carbons (Fsp3) is 0.333. The van der Waals surface area contributed by atoms with E-state index in [0.717, 1.165) is 6.07 Å². The molecule has 3 rings (SSSR count). The fourth-order valence-corrected chi connectivity index (χ4v) is 3.17. The summed E-state index contributed by atoms with van der Waals surface area (Å²) in [7, 11) is 0. The molecular formula is C18H18F4N2. The quantitative estimate of drug-likeness (QED) is 0.856. The number of nitrogens with one attached hydrogen (secondary N) is 1. The highest BCUT2D eigenvalue weighted by Gasteiger charge is 2.37. The molecule has 1 aliphatic rings. The van der Waals surface area contributed by atoms with Gasteiger partial charge in [-0.3, -0.25) is 4.90 Å². The van der Waals surface area contributed by atoms with E-state index in [0.29, 0.717) is 31.7 Å². The molecule has 1 fully saturated rings. The van der Waals surface area contributed by atoms with Gasteiger partial charge in [0.1, 0.15) is 5.82 Å². The van der Waals surface area contributed by atoms with Gasteiger partial charge in [-0.1, -0.05) is 30.3 Å². The maximum absolute atomic E-state index is 13.5. The van der Waals surface area contributed by atoms with Crippen molar-refractivity contribution in [2.45, 2.75) is 12.2 Å². The molecule has 1 heterocycles. The molecule has 2 aromatic rings. The number of benzene rings is 2. The molecule has 1 N–H and O–H groups in total. The van der Waals surface area contributed by atoms with E-state index in [1.807, 2.05) is 4.90 Å². The Bertz CT molecular complexity index is 676. The molecule has 1 aliphatic heterocycles. The Hall–Kier alpha value is -1.92. The van der Waals surface area contributed by atoms with Crippen LogP contribution in [0.3, 0.4) is 0 Å². The number of hydrogen-bond acceptors (Lipinski definition) is 2. The molecule has 1 unspecified atom stereocenters. The van der Waals surface area contributed by atoms with Crippen molar-refractivity contribution in [2.75, 3.05) is 26.2 Å². The molecule has 128 valence electrons. The smallest absolute Gasteiger partial charge is 0.314 e. The minimum atomic E-state index is -4.43. The van der Waals surface area contributed by atoms with Crippen LogP contribution in [0.4, 0.5) is 17.6 Å². The van der Waals surface area contributed by atoms with Gasteiger partial charge in [-0.15, -0.1) is 0 Å². The number of piperazine rings is 1. The van der Waals surface area contributed by atoms with Gasteiger partial charge >= 0.3 is 6.18 Å². The van der Waals surface area contributed by atoms with E-state index >= 15 is 0 Å². The number of halogens is 4. The molecule has 0 saturated carbocycles. The molecule has 1 saturated heterocycles. The zero-order chi connectivity index (χ0) is 17.2. The van der Waals surface area contributed by atoms with Crippen molar-refractivity contribution in [2.24, 2.45) is 0 Å². The Morgan fingerprint density at radius 3 is 2.17 bits per heavy atom. The van der Waals surface area contributed by atoms with E-state index in [-0.39, 0.29) is 5.56 Å². The summed E-state index contributed by atoms with van der Waals surface area (Å²) in [5.74, 6) is -0.401. The molecule has 0 spiro atoms. The predicted molar refractivity (Wildman–Crippen MR) is 84.1 cm³/mol. The molecule has 24 heavy (non-hydrogen) atoms. The third-order valence-electron chi connectivity index (χ3n) is 4.26. The van der Waals surface area contributed by atoms with E-state index in [2.05, 4.69) is 5.32 Å². The zero-order valence-corrected chi connectivity index (χ0v) is 13.0. The van der Waals surface area contributed by atoms with Crippen molar-refractivity contribution in [3.8, 4) is 0 Å². The lowest BCUT2D eigenvalue weighted by molar-refractivity contribution is -0.138. The minimum Gasteiger partial charge on any atom is -0.314 e. The SMILES string of the molecule is Fc1ccc(C(c2ccccc2C(F)(F)F)N2CCNCC2)cc1. The van der Waals surface area contributed by atoms with Gasteiger partial charge in [0, 0.05) is 26.2 Å². The standard InChI is InChI=1S/C18H18F4N2/c19-14-7-5-13(6-8-14)17(24-11-9-23-10-12-24)15-3-1-2-4-16(15)18(20,21)22/h1-8,17,23H,9-12H2. The summed E-state index contributed by atoms with van der Waals surface area (Å²) < 4.78 is 53.7. The van der Waals surface area contributed by atoms with Crippen LogP contribution in [0, 0.1) is 5.82 Å². The van der Waals surface area contributed by atoms with E-state index in [9.17, 15) is 17.6 Å². The molecule has 2 aromatic carbocycles. The van der Waals surface area contributed by atoms with Crippen LogP contribution >= 0.6 is 0 Å². The second-order valence-electron chi connectivity index (χ2n) is 5.83. The first kappa shape index (κ1) is 16.9. The van der Waals surface area contributed by atoms with Crippen LogP contribution in [0.2, 0.25) is 0 Å². The predicted octanol–water partition coefficient (Wildman–Crippen LogP) is 3.84. The first-order valence-corrected chi connectivity index (χ1v) is 7.83. The lowest BCUT2D eigenvalue weighted by atomic mass is 9.92. The summed E-state index contributed by atoms with van der Waals surface area (Å²) in [6.07, 6.45) is -4.43. The largest absolute Gasteiger partial charge is 0.416 e. The van der Waals surface area contributed by atoms with Crippen LogP contribution in [-0.2, 0) is 6.18 Å². The number of alkyl halides is 3.